The van der Waals surface area contributed by atoms with Gasteiger partial charge in [-0.05, 0) is 50.1 Å². The maximum absolute atomic E-state index is 13.7. The van der Waals surface area contributed by atoms with Crippen LogP contribution in [0.25, 0.3) is 0 Å². The van der Waals surface area contributed by atoms with Crippen molar-refractivity contribution in [1.29, 1.82) is 0 Å². The van der Waals surface area contributed by atoms with Gasteiger partial charge in [0.1, 0.15) is 11.5 Å². The Morgan fingerprint density at radius 3 is 2.57 bits per heavy atom. The normalized spacial score (nSPS) is 15.5. The summed E-state index contributed by atoms with van der Waals surface area (Å²) in [6.45, 7) is 4.57. The van der Waals surface area contributed by atoms with Gasteiger partial charge in [-0.1, -0.05) is 30.3 Å². The number of hydrogen-bond acceptors (Lipinski definition) is 7. The Hall–Kier alpha value is -4.24. The quantitative estimate of drug-likeness (QED) is 0.300. The maximum atomic E-state index is 13.7. The summed E-state index contributed by atoms with van der Waals surface area (Å²) in [5.74, 6) is -0.225. The number of carbonyl (C=O) groups is 2. The zero-order valence-corrected chi connectivity index (χ0v) is 21.3. The van der Waals surface area contributed by atoms with Crippen LogP contribution in [0.2, 0.25) is 0 Å². The van der Waals surface area contributed by atoms with Gasteiger partial charge in [-0.25, -0.2) is 9.97 Å². The van der Waals surface area contributed by atoms with E-state index in [1.54, 1.807) is 24.3 Å². The molecule has 0 fully saturated rings. The average Bonchev–Trinajstić information content (AvgIpc) is 3.59. The molecule has 37 heavy (non-hydrogen) atoms. The molecule has 1 unspecified atom stereocenters. The summed E-state index contributed by atoms with van der Waals surface area (Å²) in [6.07, 6.45) is 5.89. The minimum absolute atomic E-state index is 0.0660. The van der Waals surface area contributed by atoms with Crippen LogP contribution in [0, 0.1) is 13.8 Å². The first-order chi connectivity index (χ1) is 17.9. The van der Waals surface area contributed by atoms with Gasteiger partial charge < -0.3 is 19.3 Å². The molecule has 5 rings (SSSR count). The van der Waals surface area contributed by atoms with Gasteiger partial charge in [0.05, 0.1) is 33.5 Å². The Balaban J connectivity index is 1.50. The second kappa shape index (κ2) is 10.4. The number of benzene rings is 2. The van der Waals surface area contributed by atoms with Gasteiger partial charge in [0, 0.05) is 25.5 Å². The van der Waals surface area contributed by atoms with E-state index in [0.717, 1.165) is 5.01 Å². The van der Waals surface area contributed by atoms with E-state index in [1.807, 2.05) is 72.3 Å². The molecule has 1 N–H and O–H groups in total. The summed E-state index contributed by atoms with van der Waals surface area (Å²) < 4.78 is 7.94. The molecular weight excluding hydrogens is 488 g/mol. The number of nitrogens with zero attached hydrogens (tertiary/aromatic N) is 4. The molecule has 188 valence electrons. The molecule has 9 heteroatoms. The third kappa shape index (κ3) is 5.03. The number of rotatable bonds is 9. The van der Waals surface area contributed by atoms with Crippen molar-refractivity contribution in [3.05, 3.63) is 106 Å². The number of aliphatic hydroxyl groups excluding tert-OH is 1. The van der Waals surface area contributed by atoms with Crippen molar-refractivity contribution in [1.82, 2.24) is 19.4 Å². The lowest BCUT2D eigenvalue weighted by atomic mass is 9.95. The van der Waals surface area contributed by atoms with E-state index in [2.05, 4.69) is 9.97 Å². The summed E-state index contributed by atoms with van der Waals surface area (Å²) in [5.41, 5.74) is 1.32. The predicted octanol–water partition coefficient (Wildman–Crippen LogP) is 5.42. The molecule has 1 atom stereocenters. The molecule has 8 nitrogen and oxygen atoms in total. The summed E-state index contributed by atoms with van der Waals surface area (Å²) in [4.78, 5) is 37.4. The van der Waals surface area contributed by atoms with E-state index in [-0.39, 0.29) is 11.4 Å². The summed E-state index contributed by atoms with van der Waals surface area (Å²) >= 11 is 1.26. The zero-order chi connectivity index (χ0) is 25.9. The van der Waals surface area contributed by atoms with Crippen LogP contribution in [-0.2, 0) is 11.3 Å². The first-order valence-corrected chi connectivity index (χ1v) is 12.8. The van der Waals surface area contributed by atoms with Crippen LogP contribution < -0.4 is 4.74 Å². The van der Waals surface area contributed by atoms with Crippen molar-refractivity contribution in [2.75, 3.05) is 6.54 Å². The van der Waals surface area contributed by atoms with Gasteiger partial charge in [0.2, 0.25) is 5.78 Å². The van der Waals surface area contributed by atoms with Crippen LogP contribution >= 0.6 is 11.3 Å². The van der Waals surface area contributed by atoms with E-state index in [0.29, 0.717) is 47.1 Å². The van der Waals surface area contributed by atoms with Crippen molar-refractivity contribution >= 4 is 23.0 Å². The number of imidazole rings is 1. The lowest BCUT2D eigenvalue weighted by Crippen LogP contribution is -2.32. The highest BCUT2D eigenvalue weighted by atomic mass is 32.1. The molecule has 0 aliphatic carbocycles. The first-order valence-electron chi connectivity index (χ1n) is 11.9. The van der Waals surface area contributed by atoms with Crippen LogP contribution in [0.3, 0.4) is 0 Å². The van der Waals surface area contributed by atoms with Crippen molar-refractivity contribution < 1.29 is 19.4 Å². The largest absolute Gasteiger partial charge is 0.503 e. The smallest absolute Gasteiger partial charge is 0.290 e. The highest BCUT2D eigenvalue weighted by Gasteiger charge is 2.44. The van der Waals surface area contributed by atoms with E-state index >= 15 is 0 Å². The standard InChI is InChI=1S/C28H26N4O4S/c1-18-27(37-19(2)30-18)25(33)23-24(20-8-6-11-22(16-20)36-21-9-4-3-5-10-21)32(28(35)26(23)34)14-7-13-31-15-12-29-17-31/h3-6,8-12,15-17,24,34H,7,13-14H2,1-2H3. The van der Waals surface area contributed by atoms with Crippen molar-refractivity contribution in [2.24, 2.45) is 0 Å². The molecule has 0 saturated heterocycles. The second-order valence-electron chi connectivity index (χ2n) is 8.78. The van der Waals surface area contributed by atoms with Crippen LogP contribution in [0.15, 0.2) is 84.7 Å². The minimum Gasteiger partial charge on any atom is -0.503 e. The molecule has 4 aromatic rings. The Labute approximate surface area is 218 Å². The molecule has 0 spiro atoms. The van der Waals surface area contributed by atoms with Gasteiger partial charge in [-0.3, -0.25) is 9.59 Å². The van der Waals surface area contributed by atoms with Gasteiger partial charge in [-0.2, -0.15) is 0 Å². The molecule has 1 aliphatic heterocycles. The first kappa shape index (κ1) is 24.5. The topological polar surface area (TPSA) is 97.5 Å². The number of ketones is 1. The molecule has 1 amide bonds. The number of carbonyl (C=O) groups excluding carboxylic acids is 2. The Kier molecular flexibility index (Phi) is 6.87. The summed E-state index contributed by atoms with van der Waals surface area (Å²) in [6, 6.07) is 15.9. The van der Waals surface area contributed by atoms with E-state index in [4.69, 9.17) is 4.74 Å². The minimum atomic E-state index is -0.760. The van der Waals surface area contributed by atoms with Gasteiger partial charge in [0.25, 0.3) is 5.91 Å². The fraction of sp³-hybridized carbons (Fsp3) is 0.214. The lowest BCUT2D eigenvalue weighted by Gasteiger charge is -2.27. The number of aryl methyl sites for hydroxylation is 3. The number of hydrogen-bond donors (Lipinski definition) is 1. The van der Waals surface area contributed by atoms with E-state index < -0.39 is 17.7 Å². The molecule has 0 radical (unpaired) electrons. The molecule has 0 saturated carbocycles. The monoisotopic (exact) mass is 514 g/mol. The maximum Gasteiger partial charge on any atom is 0.290 e. The molecular formula is C28H26N4O4S. The third-order valence-corrected chi connectivity index (χ3v) is 7.26. The Bertz CT molecular complexity index is 1460. The second-order valence-corrected chi connectivity index (χ2v) is 9.98. The number of ether oxygens (including phenoxy) is 1. The van der Waals surface area contributed by atoms with Gasteiger partial charge >= 0.3 is 0 Å². The molecule has 1 aliphatic rings. The van der Waals surface area contributed by atoms with Crippen molar-refractivity contribution in [2.45, 2.75) is 32.9 Å². The van der Waals surface area contributed by atoms with Crippen LogP contribution in [0.5, 0.6) is 11.5 Å². The van der Waals surface area contributed by atoms with Crippen molar-refractivity contribution in [3.63, 3.8) is 0 Å². The van der Waals surface area contributed by atoms with Crippen molar-refractivity contribution in [3.8, 4) is 11.5 Å². The zero-order valence-electron chi connectivity index (χ0n) is 20.5. The Morgan fingerprint density at radius 1 is 1.08 bits per heavy atom. The third-order valence-electron chi connectivity index (χ3n) is 6.19. The number of aliphatic hydroxyl groups is 1. The fourth-order valence-electron chi connectivity index (χ4n) is 4.54. The summed E-state index contributed by atoms with van der Waals surface area (Å²) in [7, 11) is 0. The van der Waals surface area contributed by atoms with Crippen LogP contribution in [0.4, 0.5) is 0 Å². The van der Waals surface area contributed by atoms with Gasteiger partial charge in [0.15, 0.2) is 5.76 Å². The highest BCUT2D eigenvalue weighted by molar-refractivity contribution is 7.14. The molecule has 0 bridgehead atoms. The average molecular weight is 515 g/mol. The Morgan fingerprint density at radius 2 is 1.86 bits per heavy atom. The summed E-state index contributed by atoms with van der Waals surface area (Å²) in [5, 5.41) is 11.7. The molecule has 2 aromatic carbocycles. The van der Waals surface area contributed by atoms with E-state index in [9.17, 15) is 14.7 Å². The van der Waals surface area contributed by atoms with Gasteiger partial charge in [-0.15, -0.1) is 11.3 Å². The fourth-order valence-corrected chi connectivity index (χ4v) is 5.42. The number of Topliss-reactive ketones (excluding diaryl/α,β-unsaturated/α-hetero) is 1. The van der Waals surface area contributed by atoms with E-state index in [1.165, 1.54) is 11.3 Å². The molecule has 3 heterocycles. The van der Waals surface area contributed by atoms with Crippen LogP contribution in [0.1, 0.15) is 38.4 Å². The number of thiazole rings is 1. The lowest BCUT2D eigenvalue weighted by molar-refractivity contribution is -0.129. The highest BCUT2D eigenvalue weighted by Crippen LogP contribution is 2.41. The predicted molar refractivity (Wildman–Crippen MR) is 140 cm³/mol. The number of para-hydroxylation sites is 1. The van der Waals surface area contributed by atoms with Crippen LogP contribution in [-0.4, -0.2) is 42.8 Å². The SMILES string of the molecule is Cc1nc(C)c(C(=O)C2=C(O)C(=O)N(CCCn3ccnc3)C2c2cccc(Oc3ccccc3)c2)s1. The number of amides is 1. The molecule has 2 aromatic heterocycles. The number of aromatic nitrogens is 3.